The second-order valence-corrected chi connectivity index (χ2v) is 3.31. The van der Waals surface area contributed by atoms with Crippen LogP contribution in [0.1, 0.15) is 5.82 Å². The van der Waals surface area contributed by atoms with Crippen molar-refractivity contribution in [3.8, 4) is 5.82 Å². The SMILES string of the molecule is NCc1nccn1-c1ncc(Cl)cc1F. The van der Waals surface area contributed by atoms with E-state index in [2.05, 4.69) is 9.97 Å². The molecule has 0 aliphatic heterocycles. The third-order valence-electron chi connectivity index (χ3n) is 1.92. The van der Waals surface area contributed by atoms with Gasteiger partial charge in [-0.2, -0.15) is 0 Å². The summed E-state index contributed by atoms with van der Waals surface area (Å²) in [5, 5.41) is 0.255. The highest BCUT2D eigenvalue weighted by molar-refractivity contribution is 6.30. The molecule has 2 heterocycles. The predicted octanol–water partition coefficient (Wildman–Crippen LogP) is 1.52. The molecule has 2 rings (SSSR count). The van der Waals surface area contributed by atoms with Gasteiger partial charge in [0.15, 0.2) is 11.6 Å². The van der Waals surface area contributed by atoms with Crippen molar-refractivity contribution in [2.75, 3.05) is 0 Å². The second kappa shape index (κ2) is 3.96. The molecule has 0 saturated heterocycles. The molecule has 6 heteroatoms. The van der Waals surface area contributed by atoms with Gasteiger partial charge in [-0.05, 0) is 6.07 Å². The number of aromatic nitrogens is 3. The summed E-state index contributed by atoms with van der Waals surface area (Å²) in [5.41, 5.74) is 5.45. The van der Waals surface area contributed by atoms with E-state index in [1.54, 1.807) is 6.20 Å². The third kappa shape index (κ3) is 1.84. The van der Waals surface area contributed by atoms with Gasteiger partial charge in [0.25, 0.3) is 0 Å². The molecule has 78 valence electrons. The summed E-state index contributed by atoms with van der Waals surface area (Å²) in [6.45, 7) is 0.219. The van der Waals surface area contributed by atoms with E-state index in [1.807, 2.05) is 0 Å². The van der Waals surface area contributed by atoms with Gasteiger partial charge in [-0.3, -0.25) is 4.57 Å². The Morgan fingerprint density at radius 2 is 2.27 bits per heavy atom. The van der Waals surface area contributed by atoms with E-state index >= 15 is 0 Å². The molecule has 0 aliphatic rings. The Kier molecular flexibility index (Phi) is 2.66. The normalized spacial score (nSPS) is 10.6. The van der Waals surface area contributed by atoms with E-state index < -0.39 is 5.82 Å². The molecular formula is C9H8ClFN4. The molecule has 0 saturated carbocycles. The van der Waals surface area contributed by atoms with Gasteiger partial charge in [0.05, 0.1) is 11.6 Å². The van der Waals surface area contributed by atoms with Crippen molar-refractivity contribution in [1.29, 1.82) is 0 Å². The molecule has 2 aromatic heterocycles. The Hall–Kier alpha value is -1.46. The number of pyridine rings is 1. The van der Waals surface area contributed by atoms with E-state index in [9.17, 15) is 4.39 Å². The largest absolute Gasteiger partial charge is 0.324 e. The summed E-state index contributed by atoms with van der Waals surface area (Å²) < 4.78 is 15.0. The Labute approximate surface area is 90.5 Å². The average molecular weight is 227 g/mol. The summed E-state index contributed by atoms with van der Waals surface area (Å²) in [7, 11) is 0. The van der Waals surface area contributed by atoms with Gasteiger partial charge in [-0.25, -0.2) is 14.4 Å². The van der Waals surface area contributed by atoms with Gasteiger partial charge >= 0.3 is 0 Å². The minimum Gasteiger partial charge on any atom is -0.324 e. The quantitative estimate of drug-likeness (QED) is 0.845. The first-order valence-corrected chi connectivity index (χ1v) is 4.64. The molecule has 0 atom stereocenters. The van der Waals surface area contributed by atoms with Crippen molar-refractivity contribution in [3.63, 3.8) is 0 Å². The molecule has 0 amide bonds. The maximum atomic E-state index is 13.5. The van der Waals surface area contributed by atoms with E-state index in [4.69, 9.17) is 17.3 Å². The monoisotopic (exact) mass is 226 g/mol. The van der Waals surface area contributed by atoms with Gasteiger partial charge < -0.3 is 5.73 Å². The molecule has 2 aromatic rings. The topological polar surface area (TPSA) is 56.7 Å². The minimum atomic E-state index is -0.504. The van der Waals surface area contributed by atoms with Crippen molar-refractivity contribution < 1.29 is 4.39 Å². The van der Waals surface area contributed by atoms with Gasteiger partial charge in [0.1, 0.15) is 5.82 Å². The van der Waals surface area contributed by atoms with Gasteiger partial charge in [-0.1, -0.05) is 11.6 Å². The van der Waals surface area contributed by atoms with Crippen LogP contribution in [0, 0.1) is 5.82 Å². The van der Waals surface area contributed by atoms with E-state index in [0.29, 0.717) is 5.82 Å². The summed E-state index contributed by atoms with van der Waals surface area (Å²) in [4.78, 5) is 7.86. The maximum Gasteiger partial charge on any atom is 0.174 e. The van der Waals surface area contributed by atoms with Gasteiger partial charge in [0, 0.05) is 18.6 Å². The lowest BCUT2D eigenvalue weighted by atomic mass is 10.4. The average Bonchev–Trinajstić information content (AvgIpc) is 2.65. The van der Waals surface area contributed by atoms with Crippen molar-refractivity contribution >= 4 is 11.6 Å². The lowest BCUT2D eigenvalue weighted by Crippen LogP contribution is -2.09. The highest BCUT2D eigenvalue weighted by Crippen LogP contribution is 2.16. The Morgan fingerprint density at radius 1 is 1.47 bits per heavy atom. The molecule has 0 aliphatic carbocycles. The summed E-state index contributed by atoms with van der Waals surface area (Å²) >= 11 is 5.60. The number of hydrogen-bond acceptors (Lipinski definition) is 3. The second-order valence-electron chi connectivity index (χ2n) is 2.88. The van der Waals surface area contributed by atoms with Crippen LogP contribution in [0.4, 0.5) is 4.39 Å². The first kappa shape index (κ1) is 10.1. The molecule has 0 fully saturated rings. The zero-order chi connectivity index (χ0) is 10.8. The third-order valence-corrected chi connectivity index (χ3v) is 2.12. The zero-order valence-corrected chi connectivity index (χ0v) is 8.45. The fourth-order valence-corrected chi connectivity index (χ4v) is 1.41. The number of halogens is 2. The Morgan fingerprint density at radius 3 is 2.93 bits per heavy atom. The molecule has 0 bridgehead atoms. The summed E-state index contributed by atoms with van der Waals surface area (Å²) in [6.07, 6.45) is 4.51. The van der Waals surface area contributed by atoms with Crippen molar-refractivity contribution in [2.24, 2.45) is 5.73 Å². The summed E-state index contributed by atoms with van der Waals surface area (Å²) in [6, 6.07) is 1.20. The van der Waals surface area contributed by atoms with Crippen LogP contribution < -0.4 is 5.73 Å². The van der Waals surface area contributed by atoms with E-state index in [1.165, 1.54) is 23.0 Å². The molecule has 15 heavy (non-hydrogen) atoms. The first-order valence-electron chi connectivity index (χ1n) is 4.26. The molecule has 0 radical (unpaired) electrons. The molecule has 0 spiro atoms. The lowest BCUT2D eigenvalue weighted by Gasteiger charge is -2.06. The van der Waals surface area contributed by atoms with Crippen LogP contribution in [-0.4, -0.2) is 14.5 Å². The van der Waals surface area contributed by atoms with Crippen LogP contribution in [0.25, 0.3) is 5.82 Å². The number of nitrogens with zero attached hydrogens (tertiary/aromatic N) is 3. The van der Waals surface area contributed by atoms with Crippen LogP contribution in [0.2, 0.25) is 5.02 Å². The first-order chi connectivity index (χ1) is 7.22. The fraction of sp³-hybridized carbons (Fsp3) is 0.111. The maximum absolute atomic E-state index is 13.5. The minimum absolute atomic E-state index is 0.150. The molecule has 0 unspecified atom stereocenters. The van der Waals surface area contributed by atoms with Crippen molar-refractivity contribution in [1.82, 2.24) is 14.5 Å². The number of hydrogen-bond donors (Lipinski definition) is 1. The van der Waals surface area contributed by atoms with E-state index in [-0.39, 0.29) is 17.4 Å². The zero-order valence-electron chi connectivity index (χ0n) is 7.69. The number of rotatable bonds is 2. The fourth-order valence-electron chi connectivity index (χ4n) is 1.26. The van der Waals surface area contributed by atoms with Crippen molar-refractivity contribution in [3.05, 3.63) is 41.3 Å². The van der Waals surface area contributed by atoms with Crippen LogP contribution >= 0.6 is 11.6 Å². The number of nitrogens with two attached hydrogens (primary N) is 1. The molecular weight excluding hydrogens is 219 g/mol. The number of imidazole rings is 1. The van der Waals surface area contributed by atoms with Crippen molar-refractivity contribution in [2.45, 2.75) is 6.54 Å². The standard InChI is InChI=1S/C9H8ClFN4/c10-6-3-7(11)9(14-5-6)15-2-1-13-8(15)4-12/h1-3,5H,4,12H2. The van der Waals surface area contributed by atoms with Crippen LogP contribution in [0.15, 0.2) is 24.7 Å². The van der Waals surface area contributed by atoms with Crippen LogP contribution in [0.3, 0.4) is 0 Å². The van der Waals surface area contributed by atoms with E-state index in [0.717, 1.165) is 0 Å². The molecule has 4 nitrogen and oxygen atoms in total. The Balaban J connectivity index is 2.54. The predicted molar refractivity (Wildman–Crippen MR) is 54.2 cm³/mol. The lowest BCUT2D eigenvalue weighted by molar-refractivity contribution is 0.606. The smallest absolute Gasteiger partial charge is 0.174 e. The van der Waals surface area contributed by atoms with Gasteiger partial charge in [0.2, 0.25) is 0 Å². The highest BCUT2D eigenvalue weighted by Gasteiger charge is 2.10. The summed E-state index contributed by atoms with van der Waals surface area (Å²) in [5.74, 6) is 0.191. The molecule has 2 N–H and O–H groups in total. The highest BCUT2D eigenvalue weighted by atomic mass is 35.5. The van der Waals surface area contributed by atoms with Crippen LogP contribution in [0.5, 0.6) is 0 Å². The van der Waals surface area contributed by atoms with Gasteiger partial charge in [-0.15, -0.1) is 0 Å². The van der Waals surface area contributed by atoms with Crippen LogP contribution in [-0.2, 0) is 6.54 Å². The molecule has 0 aromatic carbocycles. The Bertz CT molecular complexity index is 483.